The molecule has 1 fully saturated rings. The van der Waals surface area contributed by atoms with Crippen LogP contribution < -0.4 is 5.73 Å². The number of aliphatic hydroxyl groups is 1. The minimum absolute atomic E-state index is 0.0625. The summed E-state index contributed by atoms with van der Waals surface area (Å²) in [4.78, 5) is 13.4. The number of carbonyl (C=O) groups is 1. The molecule has 16 heavy (non-hydrogen) atoms. The van der Waals surface area contributed by atoms with Gasteiger partial charge in [-0.15, -0.1) is 0 Å². The lowest BCUT2D eigenvalue weighted by Gasteiger charge is -2.36. The van der Waals surface area contributed by atoms with Gasteiger partial charge >= 0.3 is 6.09 Å². The summed E-state index contributed by atoms with van der Waals surface area (Å²) < 4.78 is 5.27. The number of hydrogen-bond donors (Lipinski definition) is 2. The Labute approximate surface area is 96.6 Å². The number of rotatable bonds is 1. The number of piperidine rings is 1. The number of ether oxygens (including phenoxy) is 1. The molecule has 3 N–H and O–H groups in total. The summed E-state index contributed by atoms with van der Waals surface area (Å²) in [5.74, 6) is 0.0660. The van der Waals surface area contributed by atoms with E-state index in [4.69, 9.17) is 15.6 Å². The third kappa shape index (κ3) is 3.98. The molecule has 0 bridgehead atoms. The van der Waals surface area contributed by atoms with Gasteiger partial charge in [0.25, 0.3) is 0 Å². The number of hydrogen-bond acceptors (Lipinski definition) is 4. The first-order valence-corrected chi connectivity index (χ1v) is 5.66. The second kappa shape index (κ2) is 5.01. The second-order valence-corrected chi connectivity index (χ2v) is 5.43. The maximum Gasteiger partial charge on any atom is 0.410 e. The van der Waals surface area contributed by atoms with Crippen molar-refractivity contribution in [3.8, 4) is 0 Å². The molecule has 0 saturated carbocycles. The van der Waals surface area contributed by atoms with Crippen LogP contribution in [-0.2, 0) is 4.74 Å². The summed E-state index contributed by atoms with van der Waals surface area (Å²) in [7, 11) is 0. The van der Waals surface area contributed by atoms with Crippen LogP contribution in [0.3, 0.4) is 0 Å². The topological polar surface area (TPSA) is 75.8 Å². The van der Waals surface area contributed by atoms with Crippen molar-refractivity contribution in [2.75, 3.05) is 19.7 Å². The molecule has 0 aromatic heterocycles. The lowest BCUT2D eigenvalue weighted by molar-refractivity contribution is 0.0106. The van der Waals surface area contributed by atoms with E-state index in [1.807, 2.05) is 20.8 Å². The number of nitrogens with two attached hydrogens (primary N) is 1. The summed E-state index contributed by atoms with van der Waals surface area (Å²) in [6.45, 7) is 6.59. The Kier molecular flexibility index (Phi) is 4.15. The molecule has 0 aromatic carbocycles. The predicted molar refractivity (Wildman–Crippen MR) is 61.0 cm³/mol. The highest BCUT2D eigenvalue weighted by Gasteiger charge is 2.30. The van der Waals surface area contributed by atoms with Crippen molar-refractivity contribution in [1.29, 1.82) is 0 Å². The van der Waals surface area contributed by atoms with Crippen LogP contribution in [-0.4, -0.2) is 47.4 Å². The number of carbonyl (C=O) groups excluding carboxylic acids is 1. The van der Waals surface area contributed by atoms with E-state index in [0.717, 1.165) is 6.42 Å². The summed E-state index contributed by atoms with van der Waals surface area (Å²) in [6.07, 6.45) is 0.414. The standard InChI is InChI=1S/C11H22N2O3/c1-11(2,3)16-10(15)13-5-8(7-14)4-9(12)6-13/h8-9,14H,4-7,12H2,1-3H3/t8-,9+/m0/s1. The van der Waals surface area contributed by atoms with Gasteiger partial charge in [0.2, 0.25) is 0 Å². The molecule has 1 aliphatic rings. The lowest BCUT2D eigenvalue weighted by Crippen LogP contribution is -2.51. The molecule has 2 atom stereocenters. The Balaban J connectivity index is 2.55. The Morgan fingerprint density at radius 1 is 1.50 bits per heavy atom. The normalized spacial score (nSPS) is 26.7. The molecule has 5 nitrogen and oxygen atoms in total. The number of amides is 1. The van der Waals surface area contributed by atoms with Crippen LogP contribution in [0.15, 0.2) is 0 Å². The maximum atomic E-state index is 11.8. The van der Waals surface area contributed by atoms with Gasteiger partial charge in [0, 0.05) is 31.7 Å². The molecule has 0 spiro atoms. The Morgan fingerprint density at radius 3 is 2.62 bits per heavy atom. The van der Waals surface area contributed by atoms with Gasteiger partial charge in [0.15, 0.2) is 0 Å². The van der Waals surface area contributed by atoms with E-state index in [1.165, 1.54) is 0 Å². The van der Waals surface area contributed by atoms with E-state index in [-0.39, 0.29) is 24.7 Å². The van der Waals surface area contributed by atoms with Crippen molar-refractivity contribution in [1.82, 2.24) is 4.90 Å². The molecule has 1 amide bonds. The van der Waals surface area contributed by atoms with Gasteiger partial charge in [-0.25, -0.2) is 4.79 Å². The average molecular weight is 230 g/mol. The molecule has 0 unspecified atom stereocenters. The second-order valence-electron chi connectivity index (χ2n) is 5.43. The van der Waals surface area contributed by atoms with Crippen molar-refractivity contribution in [2.24, 2.45) is 11.7 Å². The monoisotopic (exact) mass is 230 g/mol. The Hall–Kier alpha value is -0.810. The van der Waals surface area contributed by atoms with Crippen molar-refractivity contribution < 1.29 is 14.6 Å². The van der Waals surface area contributed by atoms with Crippen molar-refractivity contribution in [2.45, 2.75) is 38.8 Å². The first kappa shape index (κ1) is 13.3. The first-order chi connectivity index (χ1) is 7.31. The van der Waals surface area contributed by atoms with Gasteiger partial charge in [-0.2, -0.15) is 0 Å². The predicted octanol–water partition coefficient (Wildman–Crippen LogP) is 0.563. The number of likely N-dealkylation sites (tertiary alicyclic amines) is 1. The highest BCUT2D eigenvalue weighted by atomic mass is 16.6. The van der Waals surface area contributed by atoms with E-state index >= 15 is 0 Å². The third-order valence-corrected chi connectivity index (χ3v) is 2.48. The van der Waals surface area contributed by atoms with Crippen LogP contribution in [0.2, 0.25) is 0 Å². The van der Waals surface area contributed by atoms with E-state index in [0.29, 0.717) is 13.1 Å². The molecule has 1 saturated heterocycles. The van der Waals surface area contributed by atoms with Gasteiger partial charge in [-0.1, -0.05) is 0 Å². The molecule has 1 heterocycles. The van der Waals surface area contributed by atoms with Crippen LogP contribution in [0.25, 0.3) is 0 Å². The highest BCUT2D eigenvalue weighted by molar-refractivity contribution is 5.68. The Bertz CT molecular complexity index is 250. The summed E-state index contributed by atoms with van der Waals surface area (Å²) in [6, 6.07) is -0.0709. The van der Waals surface area contributed by atoms with Crippen LogP contribution in [0.4, 0.5) is 4.79 Å². The zero-order valence-corrected chi connectivity index (χ0v) is 10.3. The van der Waals surface area contributed by atoms with Gasteiger partial charge in [-0.3, -0.25) is 0 Å². The SMILES string of the molecule is CC(C)(C)OC(=O)N1C[C@H](N)C[C@H](CO)C1. The van der Waals surface area contributed by atoms with E-state index in [1.54, 1.807) is 4.90 Å². The molecule has 94 valence electrons. The quantitative estimate of drug-likeness (QED) is 0.690. The molecular weight excluding hydrogens is 208 g/mol. The fraction of sp³-hybridized carbons (Fsp3) is 0.909. The van der Waals surface area contributed by atoms with E-state index in [2.05, 4.69) is 0 Å². The minimum Gasteiger partial charge on any atom is -0.444 e. The summed E-state index contributed by atoms with van der Waals surface area (Å²) in [5, 5.41) is 9.11. The fourth-order valence-corrected chi connectivity index (χ4v) is 1.85. The largest absolute Gasteiger partial charge is 0.444 e. The number of aliphatic hydroxyl groups excluding tert-OH is 1. The molecule has 0 aromatic rings. The zero-order valence-electron chi connectivity index (χ0n) is 10.3. The van der Waals surface area contributed by atoms with Crippen molar-refractivity contribution >= 4 is 6.09 Å². The Morgan fingerprint density at radius 2 is 2.12 bits per heavy atom. The number of nitrogens with zero attached hydrogens (tertiary/aromatic N) is 1. The maximum absolute atomic E-state index is 11.8. The van der Waals surface area contributed by atoms with Crippen LogP contribution in [0, 0.1) is 5.92 Å². The third-order valence-electron chi connectivity index (χ3n) is 2.48. The minimum atomic E-state index is -0.493. The van der Waals surface area contributed by atoms with Crippen molar-refractivity contribution in [3.63, 3.8) is 0 Å². The van der Waals surface area contributed by atoms with E-state index in [9.17, 15) is 4.79 Å². The molecular formula is C11H22N2O3. The summed E-state index contributed by atoms with van der Waals surface area (Å²) >= 11 is 0. The molecule has 1 aliphatic heterocycles. The van der Waals surface area contributed by atoms with Crippen LogP contribution >= 0.6 is 0 Å². The average Bonchev–Trinajstić information content (AvgIpc) is 2.14. The molecule has 5 heteroatoms. The lowest BCUT2D eigenvalue weighted by atomic mass is 9.96. The molecule has 1 rings (SSSR count). The smallest absolute Gasteiger partial charge is 0.410 e. The highest BCUT2D eigenvalue weighted by Crippen LogP contribution is 2.18. The molecule has 0 radical (unpaired) electrons. The van der Waals surface area contributed by atoms with Gasteiger partial charge in [0.1, 0.15) is 5.60 Å². The zero-order chi connectivity index (χ0) is 12.3. The van der Waals surface area contributed by atoms with Crippen LogP contribution in [0.5, 0.6) is 0 Å². The van der Waals surface area contributed by atoms with Crippen LogP contribution in [0.1, 0.15) is 27.2 Å². The molecule has 0 aliphatic carbocycles. The van der Waals surface area contributed by atoms with Gasteiger partial charge in [-0.05, 0) is 27.2 Å². The van der Waals surface area contributed by atoms with E-state index < -0.39 is 5.60 Å². The summed E-state index contributed by atoms with van der Waals surface area (Å²) in [5.41, 5.74) is 5.34. The first-order valence-electron chi connectivity index (χ1n) is 5.66. The van der Waals surface area contributed by atoms with Gasteiger partial charge in [0.05, 0.1) is 0 Å². The van der Waals surface area contributed by atoms with Crippen molar-refractivity contribution in [3.05, 3.63) is 0 Å². The van der Waals surface area contributed by atoms with Gasteiger partial charge < -0.3 is 20.5 Å². The fourth-order valence-electron chi connectivity index (χ4n) is 1.85.